The quantitative estimate of drug-likeness (QED) is 0.885. The second-order valence-corrected chi connectivity index (χ2v) is 7.68. The molecule has 0 aromatic heterocycles. The third kappa shape index (κ3) is 2.82. The lowest BCUT2D eigenvalue weighted by Crippen LogP contribution is -2.55. The first-order chi connectivity index (χ1) is 9.37. The maximum atomic E-state index is 12.5. The molecule has 2 N–H and O–H groups in total. The second-order valence-electron chi connectivity index (χ2n) is 4.95. The van der Waals surface area contributed by atoms with Crippen LogP contribution in [-0.4, -0.2) is 38.4 Å². The van der Waals surface area contributed by atoms with Crippen molar-refractivity contribution in [3.8, 4) is 0 Å². The van der Waals surface area contributed by atoms with E-state index in [9.17, 15) is 13.2 Å². The average Bonchev–Trinajstić information content (AvgIpc) is 2.41. The molecule has 1 heterocycles. The summed E-state index contributed by atoms with van der Waals surface area (Å²) in [5.74, 6) is -0.505. The molecule has 1 amide bonds. The van der Waals surface area contributed by atoms with Gasteiger partial charge in [-0.1, -0.05) is 23.7 Å². The van der Waals surface area contributed by atoms with E-state index in [0.717, 1.165) is 6.26 Å². The molecular formula is C13H17ClN2O3S. The fourth-order valence-corrected chi connectivity index (χ4v) is 3.91. The number of anilines is 1. The van der Waals surface area contributed by atoms with Crippen molar-refractivity contribution in [2.75, 3.05) is 24.7 Å². The van der Waals surface area contributed by atoms with Crippen LogP contribution < -0.4 is 10.6 Å². The van der Waals surface area contributed by atoms with Crippen molar-refractivity contribution in [3.63, 3.8) is 0 Å². The zero-order valence-electron chi connectivity index (χ0n) is 11.1. The predicted octanol–water partition coefficient (Wildman–Crippen LogP) is 1.45. The van der Waals surface area contributed by atoms with E-state index >= 15 is 0 Å². The minimum absolute atomic E-state index is 0.266. The lowest BCUT2D eigenvalue weighted by atomic mass is 9.95. The zero-order valence-corrected chi connectivity index (χ0v) is 12.7. The van der Waals surface area contributed by atoms with E-state index in [2.05, 4.69) is 10.6 Å². The first-order valence-corrected chi connectivity index (χ1v) is 8.60. The van der Waals surface area contributed by atoms with Crippen LogP contribution in [0.15, 0.2) is 24.3 Å². The summed E-state index contributed by atoms with van der Waals surface area (Å²) in [6.45, 7) is 1.01. The number of hydrogen-bond acceptors (Lipinski definition) is 4. The summed E-state index contributed by atoms with van der Waals surface area (Å²) < 4.78 is 22.8. The Balaban J connectivity index is 2.31. The highest BCUT2D eigenvalue weighted by molar-refractivity contribution is 7.92. The number of carbonyl (C=O) groups is 1. The molecule has 2 rings (SSSR count). The Labute approximate surface area is 123 Å². The van der Waals surface area contributed by atoms with Gasteiger partial charge in [-0.15, -0.1) is 0 Å². The van der Waals surface area contributed by atoms with Crippen LogP contribution in [0.25, 0.3) is 0 Å². The molecule has 1 aromatic carbocycles. The van der Waals surface area contributed by atoms with Crippen molar-refractivity contribution < 1.29 is 13.2 Å². The molecule has 7 heteroatoms. The lowest BCUT2D eigenvalue weighted by Gasteiger charge is -2.34. The smallest absolute Gasteiger partial charge is 0.245 e. The van der Waals surface area contributed by atoms with E-state index in [1.165, 1.54) is 0 Å². The maximum absolute atomic E-state index is 12.5. The molecule has 1 aromatic rings. The number of sulfone groups is 1. The van der Waals surface area contributed by atoms with Gasteiger partial charge in [-0.2, -0.15) is 0 Å². The molecule has 0 radical (unpaired) electrons. The van der Waals surface area contributed by atoms with Crippen molar-refractivity contribution >= 4 is 33.0 Å². The van der Waals surface area contributed by atoms with Crippen LogP contribution >= 0.6 is 11.6 Å². The molecule has 0 atom stereocenters. The fraction of sp³-hybridized carbons (Fsp3) is 0.462. The van der Waals surface area contributed by atoms with Gasteiger partial charge in [-0.25, -0.2) is 8.42 Å². The fourth-order valence-electron chi connectivity index (χ4n) is 2.40. The van der Waals surface area contributed by atoms with Gasteiger partial charge in [0.2, 0.25) is 5.91 Å². The summed E-state index contributed by atoms with van der Waals surface area (Å²) in [4.78, 5) is 12.5. The first kappa shape index (κ1) is 15.3. The van der Waals surface area contributed by atoms with Gasteiger partial charge in [-0.05, 0) is 38.1 Å². The van der Waals surface area contributed by atoms with Gasteiger partial charge < -0.3 is 10.6 Å². The molecule has 0 unspecified atom stereocenters. The number of hydrogen-bond donors (Lipinski definition) is 2. The monoisotopic (exact) mass is 316 g/mol. The molecule has 0 saturated carbocycles. The average molecular weight is 317 g/mol. The molecule has 1 fully saturated rings. The Morgan fingerprint density at radius 3 is 2.45 bits per heavy atom. The minimum Gasteiger partial charge on any atom is -0.323 e. The summed E-state index contributed by atoms with van der Waals surface area (Å²) in [5.41, 5.74) is 0.431. The van der Waals surface area contributed by atoms with Gasteiger partial charge in [-0.3, -0.25) is 4.79 Å². The first-order valence-electron chi connectivity index (χ1n) is 6.33. The van der Waals surface area contributed by atoms with Crippen molar-refractivity contribution in [3.05, 3.63) is 29.3 Å². The Bertz CT molecular complexity index is 610. The largest absolute Gasteiger partial charge is 0.323 e. The molecule has 0 spiro atoms. The summed E-state index contributed by atoms with van der Waals surface area (Å²) in [5, 5.41) is 6.11. The summed E-state index contributed by atoms with van der Waals surface area (Å²) in [7, 11) is -3.51. The highest BCUT2D eigenvalue weighted by atomic mass is 35.5. The number of para-hydroxylation sites is 1. The van der Waals surface area contributed by atoms with Gasteiger partial charge in [0.15, 0.2) is 14.6 Å². The van der Waals surface area contributed by atoms with Crippen LogP contribution in [0.1, 0.15) is 12.8 Å². The Hall–Kier alpha value is -1.11. The zero-order chi connectivity index (χ0) is 14.8. The predicted molar refractivity (Wildman–Crippen MR) is 79.8 cm³/mol. The second kappa shape index (κ2) is 5.71. The van der Waals surface area contributed by atoms with Gasteiger partial charge in [0.25, 0.3) is 0 Å². The number of nitrogens with one attached hydrogen (secondary N) is 2. The molecule has 1 aliphatic heterocycles. The third-order valence-corrected chi connectivity index (χ3v) is 6.00. The molecule has 5 nitrogen and oxygen atoms in total. The Morgan fingerprint density at radius 2 is 1.90 bits per heavy atom. The number of carbonyl (C=O) groups excluding carboxylic acids is 1. The van der Waals surface area contributed by atoms with E-state index in [0.29, 0.717) is 23.8 Å². The highest BCUT2D eigenvalue weighted by Gasteiger charge is 2.48. The van der Waals surface area contributed by atoms with E-state index in [-0.39, 0.29) is 12.8 Å². The van der Waals surface area contributed by atoms with Crippen LogP contribution in [0.5, 0.6) is 0 Å². The number of halogens is 1. The number of benzene rings is 1. The van der Waals surface area contributed by atoms with E-state index < -0.39 is 20.5 Å². The molecule has 0 bridgehead atoms. The molecular weight excluding hydrogens is 300 g/mol. The molecule has 1 saturated heterocycles. The number of rotatable bonds is 3. The topological polar surface area (TPSA) is 75.3 Å². The molecule has 20 heavy (non-hydrogen) atoms. The van der Waals surface area contributed by atoms with Crippen molar-refractivity contribution in [2.45, 2.75) is 17.6 Å². The van der Waals surface area contributed by atoms with Gasteiger partial charge >= 0.3 is 0 Å². The third-order valence-electron chi connectivity index (χ3n) is 3.66. The maximum Gasteiger partial charge on any atom is 0.245 e. The standard InChI is InChI=1S/C13H17ClN2O3S/c1-20(18,19)13(6-8-15-9-7-13)12(17)16-11-5-3-2-4-10(11)14/h2-5,15H,6-9H2,1H3,(H,16,17). The van der Waals surface area contributed by atoms with Crippen LogP contribution in [-0.2, 0) is 14.6 Å². The Morgan fingerprint density at radius 1 is 1.30 bits per heavy atom. The molecule has 110 valence electrons. The van der Waals surface area contributed by atoms with E-state index in [4.69, 9.17) is 11.6 Å². The van der Waals surface area contributed by atoms with Gasteiger partial charge in [0.05, 0.1) is 10.7 Å². The van der Waals surface area contributed by atoms with Gasteiger partial charge in [0.1, 0.15) is 0 Å². The van der Waals surface area contributed by atoms with Gasteiger partial charge in [0, 0.05) is 6.26 Å². The Kier molecular flexibility index (Phi) is 4.36. The summed E-state index contributed by atoms with van der Waals surface area (Å²) in [6.07, 6.45) is 1.65. The SMILES string of the molecule is CS(=O)(=O)C1(C(=O)Nc2ccccc2Cl)CCNCC1. The van der Waals surface area contributed by atoms with E-state index in [1.807, 2.05) is 0 Å². The van der Waals surface area contributed by atoms with Crippen LogP contribution in [0.3, 0.4) is 0 Å². The molecule has 1 aliphatic rings. The van der Waals surface area contributed by atoms with Crippen LogP contribution in [0.2, 0.25) is 5.02 Å². The van der Waals surface area contributed by atoms with E-state index in [1.54, 1.807) is 24.3 Å². The van der Waals surface area contributed by atoms with Crippen molar-refractivity contribution in [2.24, 2.45) is 0 Å². The highest BCUT2D eigenvalue weighted by Crippen LogP contribution is 2.30. The van der Waals surface area contributed by atoms with Crippen molar-refractivity contribution in [1.29, 1.82) is 0 Å². The van der Waals surface area contributed by atoms with Crippen molar-refractivity contribution in [1.82, 2.24) is 5.32 Å². The normalized spacial score (nSPS) is 18.5. The molecule has 0 aliphatic carbocycles. The van der Waals surface area contributed by atoms with Crippen LogP contribution in [0.4, 0.5) is 5.69 Å². The minimum atomic E-state index is -3.51. The summed E-state index contributed by atoms with van der Waals surface area (Å²) in [6, 6.07) is 6.77. The van der Waals surface area contributed by atoms with Crippen LogP contribution in [0, 0.1) is 0 Å². The number of piperidine rings is 1. The lowest BCUT2D eigenvalue weighted by molar-refractivity contribution is -0.119. The number of amides is 1. The summed E-state index contributed by atoms with van der Waals surface area (Å²) >= 11 is 5.99.